The van der Waals surface area contributed by atoms with E-state index >= 15 is 0 Å². The van der Waals surface area contributed by atoms with Crippen molar-refractivity contribution in [2.45, 2.75) is 6.18 Å². The molecule has 0 aliphatic rings. The van der Waals surface area contributed by atoms with Gasteiger partial charge in [0.15, 0.2) is 0 Å². The quantitative estimate of drug-likeness (QED) is 0.456. The van der Waals surface area contributed by atoms with Crippen molar-refractivity contribution in [2.24, 2.45) is 5.10 Å². The third-order valence-electron chi connectivity index (χ3n) is 3.10. The smallest absolute Gasteiger partial charge is 0.266 e. The third kappa shape index (κ3) is 4.25. The van der Waals surface area contributed by atoms with Crippen LogP contribution in [0.3, 0.4) is 0 Å². The molecule has 0 spiro atoms. The zero-order chi connectivity index (χ0) is 19.5. The summed E-state index contributed by atoms with van der Waals surface area (Å²) >= 11 is 5.88. The molecular weight excluding hydrogens is 381 g/mol. The van der Waals surface area contributed by atoms with Gasteiger partial charge in [0.25, 0.3) is 0 Å². The van der Waals surface area contributed by atoms with E-state index in [1.54, 1.807) is 18.2 Å². The number of hydrazone groups is 1. The van der Waals surface area contributed by atoms with E-state index in [-0.39, 0.29) is 17.2 Å². The number of hydrogen-bond donors (Lipinski definition) is 1. The number of nitrogens with zero attached hydrogens (tertiary/aromatic N) is 3. The van der Waals surface area contributed by atoms with Gasteiger partial charge in [-0.15, -0.1) is 0 Å². The number of nitrogens with one attached hydrogen (secondary N) is 1. The molecule has 0 atom stereocenters. The molecule has 0 unspecified atom stereocenters. The predicted molar refractivity (Wildman–Crippen MR) is 87.4 cm³/mol. The Morgan fingerprint density at radius 1 is 1.08 bits per heavy atom. The lowest BCUT2D eigenvalue weighted by Gasteiger charge is -2.09. The number of nitro benzene ring substituents is 2. The van der Waals surface area contributed by atoms with Crippen LogP contribution in [0.4, 0.5) is 30.2 Å². The topological polar surface area (TPSA) is 111 Å². The maximum absolute atomic E-state index is 12.8. The van der Waals surface area contributed by atoms with Gasteiger partial charge >= 0.3 is 17.6 Å². The van der Waals surface area contributed by atoms with Gasteiger partial charge in [0.05, 0.1) is 21.6 Å². The Kier molecular flexibility index (Phi) is 5.41. The fraction of sp³-hybridized carbons (Fsp3) is 0.0714. The van der Waals surface area contributed by atoms with Gasteiger partial charge in [-0.25, -0.2) is 0 Å². The fourth-order valence-electron chi connectivity index (χ4n) is 1.92. The Labute approximate surface area is 148 Å². The molecule has 0 fully saturated rings. The van der Waals surface area contributed by atoms with Crippen molar-refractivity contribution in [3.63, 3.8) is 0 Å². The van der Waals surface area contributed by atoms with Crippen LogP contribution < -0.4 is 5.43 Å². The molecule has 0 bridgehead atoms. The molecular formula is C14H8ClF3N4O4. The van der Waals surface area contributed by atoms with Crippen molar-refractivity contribution in [3.05, 3.63) is 72.8 Å². The number of alkyl halides is 3. The average molecular weight is 389 g/mol. The molecule has 0 aromatic heterocycles. The van der Waals surface area contributed by atoms with Crippen LogP contribution in [-0.2, 0) is 6.18 Å². The third-order valence-corrected chi connectivity index (χ3v) is 3.45. The van der Waals surface area contributed by atoms with Crippen molar-refractivity contribution in [2.75, 3.05) is 5.43 Å². The minimum atomic E-state index is -4.99. The van der Waals surface area contributed by atoms with Crippen LogP contribution in [0.1, 0.15) is 11.1 Å². The molecule has 0 aliphatic carbocycles. The van der Waals surface area contributed by atoms with E-state index in [0.29, 0.717) is 5.56 Å². The van der Waals surface area contributed by atoms with Crippen LogP contribution in [0.15, 0.2) is 41.5 Å². The van der Waals surface area contributed by atoms with Crippen molar-refractivity contribution >= 4 is 34.9 Å². The van der Waals surface area contributed by atoms with Gasteiger partial charge in [-0.05, 0) is 6.07 Å². The molecule has 8 nitrogen and oxygen atoms in total. The SMILES string of the molecule is O=[N+]([O-])c1cc(C(F)(F)F)cc([N+](=O)[O-])c1N/N=C/c1ccccc1Cl. The van der Waals surface area contributed by atoms with Crippen molar-refractivity contribution in [1.29, 1.82) is 0 Å². The van der Waals surface area contributed by atoms with Crippen LogP contribution in [0.5, 0.6) is 0 Å². The molecule has 1 N–H and O–H groups in total. The second-order valence-electron chi connectivity index (χ2n) is 4.79. The summed E-state index contributed by atoms with van der Waals surface area (Å²) in [7, 11) is 0. The lowest BCUT2D eigenvalue weighted by atomic mass is 10.1. The van der Waals surface area contributed by atoms with E-state index in [1.807, 2.05) is 0 Å². The summed E-state index contributed by atoms with van der Waals surface area (Å²) < 4.78 is 38.4. The molecule has 2 rings (SSSR count). The molecule has 0 saturated heterocycles. The summed E-state index contributed by atoms with van der Waals surface area (Å²) in [6.45, 7) is 0. The summed E-state index contributed by atoms with van der Waals surface area (Å²) in [5.74, 6) is 0. The molecule has 136 valence electrons. The zero-order valence-electron chi connectivity index (χ0n) is 12.5. The predicted octanol–water partition coefficient (Wildman–Crippen LogP) is 4.62. The van der Waals surface area contributed by atoms with Crippen molar-refractivity contribution in [1.82, 2.24) is 0 Å². The van der Waals surface area contributed by atoms with E-state index in [4.69, 9.17) is 11.6 Å². The average Bonchev–Trinajstić information content (AvgIpc) is 2.55. The first kappa shape index (κ1) is 19.1. The van der Waals surface area contributed by atoms with Gasteiger partial charge in [-0.3, -0.25) is 25.7 Å². The zero-order valence-corrected chi connectivity index (χ0v) is 13.3. The Balaban J connectivity index is 2.51. The summed E-state index contributed by atoms with van der Waals surface area (Å²) in [4.78, 5) is 19.8. The van der Waals surface area contributed by atoms with Gasteiger partial charge in [-0.1, -0.05) is 29.8 Å². The Bertz CT molecular complexity index is 867. The number of rotatable bonds is 5. The van der Waals surface area contributed by atoms with Gasteiger partial charge in [-0.2, -0.15) is 18.3 Å². The monoisotopic (exact) mass is 388 g/mol. The standard InChI is InChI=1S/C14H8ClF3N4O4/c15-10-4-2-1-3-8(10)7-19-20-13-11(21(23)24)5-9(14(16,17)18)6-12(13)22(25)26/h1-7,20H/b19-7+. The number of halogens is 4. The summed E-state index contributed by atoms with van der Waals surface area (Å²) in [6, 6.07) is 6.73. The van der Waals surface area contributed by atoms with E-state index in [2.05, 4.69) is 10.5 Å². The van der Waals surface area contributed by atoms with Crippen molar-refractivity contribution in [3.8, 4) is 0 Å². The highest BCUT2D eigenvalue weighted by Crippen LogP contribution is 2.41. The summed E-state index contributed by atoms with van der Waals surface area (Å²) in [5, 5.41) is 26.0. The van der Waals surface area contributed by atoms with Gasteiger partial charge in [0.1, 0.15) is 0 Å². The molecule has 0 radical (unpaired) electrons. The largest absolute Gasteiger partial charge is 0.416 e. The molecule has 26 heavy (non-hydrogen) atoms. The van der Waals surface area contributed by atoms with E-state index in [1.165, 1.54) is 6.07 Å². The molecule has 0 saturated carbocycles. The summed E-state index contributed by atoms with van der Waals surface area (Å²) in [5.41, 5.74) is -2.12. The Morgan fingerprint density at radius 2 is 1.62 bits per heavy atom. The second-order valence-corrected chi connectivity index (χ2v) is 5.20. The maximum Gasteiger partial charge on any atom is 0.416 e. The summed E-state index contributed by atoms with van der Waals surface area (Å²) in [6.07, 6.45) is -3.87. The van der Waals surface area contributed by atoms with Crippen LogP contribution in [-0.4, -0.2) is 16.1 Å². The number of hydrogen-bond acceptors (Lipinski definition) is 6. The first-order valence-electron chi connectivity index (χ1n) is 6.69. The van der Waals surface area contributed by atoms with E-state index < -0.39 is 38.6 Å². The van der Waals surface area contributed by atoms with Gasteiger partial charge in [0, 0.05) is 22.7 Å². The minimum Gasteiger partial charge on any atom is -0.266 e. The van der Waals surface area contributed by atoms with Crippen LogP contribution in [0.25, 0.3) is 0 Å². The molecule has 2 aromatic carbocycles. The fourth-order valence-corrected chi connectivity index (χ4v) is 2.11. The van der Waals surface area contributed by atoms with Crippen molar-refractivity contribution < 1.29 is 23.0 Å². The van der Waals surface area contributed by atoms with Gasteiger partial charge in [0.2, 0.25) is 5.69 Å². The molecule has 12 heteroatoms. The highest BCUT2D eigenvalue weighted by atomic mass is 35.5. The lowest BCUT2D eigenvalue weighted by Crippen LogP contribution is -2.09. The number of nitro groups is 2. The normalized spacial score (nSPS) is 11.5. The number of anilines is 1. The lowest BCUT2D eigenvalue weighted by molar-refractivity contribution is -0.392. The molecule has 2 aromatic rings. The number of benzene rings is 2. The Morgan fingerprint density at radius 3 is 2.08 bits per heavy atom. The first-order chi connectivity index (χ1) is 12.1. The highest BCUT2D eigenvalue weighted by molar-refractivity contribution is 6.33. The van der Waals surface area contributed by atoms with Crippen LogP contribution in [0.2, 0.25) is 5.02 Å². The highest BCUT2D eigenvalue weighted by Gasteiger charge is 2.37. The minimum absolute atomic E-state index is 0.195. The second kappa shape index (κ2) is 7.35. The first-order valence-corrected chi connectivity index (χ1v) is 7.06. The molecule has 0 aliphatic heterocycles. The maximum atomic E-state index is 12.8. The molecule has 0 heterocycles. The molecule has 0 amide bonds. The van der Waals surface area contributed by atoms with E-state index in [0.717, 1.165) is 6.21 Å². The Hall–Kier alpha value is -3.21. The van der Waals surface area contributed by atoms with Gasteiger partial charge < -0.3 is 0 Å². The van der Waals surface area contributed by atoms with Crippen LogP contribution in [0, 0.1) is 20.2 Å². The van der Waals surface area contributed by atoms with Crippen LogP contribution >= 0.6 is 11.6 Å². The van der Waals surface area contributed by atoms with E-state index in [9.17, 15) is 33.4 Å².